The van der Waals surface area contributed by atoms with Crippen LogP contribution in [-0.2, 0) is 10.8 Å². The number of rotatable bonds is 8. The summed E-state index contributed by atoms with van der Waals surface area (Å²) in [6.45, 7) is 7.10. The van der Waals surface area contributed by atoms with Crippen LogP contribution in [-0.4, -0.2) is 20.5 Å². The zero-order valence-electron chi connectivity index (χ0n) is 20.8. The van der Waals surface area contributed by atoms with Gasteiger partial charge >= 0.3 is 0 Å². The lowest BCUT2D eigenvalue weighted by atomic mass is 10.00. The fourth-order valence-electron chi connectivity index (χ4n) is 4.66. The molecule has 0 N–H and O–H groups in total. The average molecular weight is 476 g/mol. The Balaban J connectivity index is 1.60. The monoisotopic (exact) mass is 475 g/mol. The molecule has 0 bridgehead atoms. The van der Waals surface area contributed by atoms with Crippen molar-refractivity contribution in [2.75, 3.05) is 11.4 Å². The predicted molar refractivity (Wildman–Crippen MR) is 152 cm³/mol. The number of likely N-dealkylation sites (N-methyl/N-ethyl adjacent to an activating group) is 1. The van der Waals surface area contributed by atoms with E-state index in [0.717, 1.165) is 17.3 Å². The van der Waals surface area contributed by atoms with Crippen LogP contribution in [0.2, 0.25) is 6.55 Å². The fraction of sp³-hybridized carbons (Fsp3) is 0.156. The van der Waals surface area contributed by atoms with E-state index in [1.165, 1.54) is 21.9 Å². The predicted octanol–water partition coefficient (Wildman–Crippen LogP) is 6.88. The summed E-state index contributed by atoms with van der Waals surface area (Å²) in [5.41, 5.74) is 8.01. The van der Waals surface area contributed by atoms with Crippen molar-refractivity contribution in [3.05, 3.63) is 132 Å². The number of carbonyl (C=O) groups is 1. The van der Waals surface area contributed by atoms with Gasteiger partial charge in [0.25, 0.3) is 0 Å². The molecule has 0 aliphatic rings. The second-order valence-electron chi connectivity index (χ2n) is 9.23. The first kappa shape index (κ1) is 24.4. The van der Waals surface area contributed by atoms with Gasteiger partial charge in [0.15, 0.2) is 0 Å². The number of aryl methyl sites for hydroxylation is 1. The van der Waals surface area contributed by atoms with Crippen LogP contribution < -0.4 is 10.1 Å². The summed E-state index contributed by atoms with van der Waals surface area (Å²) in [6.07, 6.45) is 1.81. The van der Waals surface area contributed by atoms with Crippen molar-refractivity contribution in [1.29, 1.82) is 0 Å². The normalized spacial score (nSPS) is 12.9. The van der Waals surface area contributed by atoms with Gasteiger partial charge in [0.2, 0.25) is 5.91 Å². The summed E-state index contributed by atoms with van der Waals surface area (Å²) in [5, 5.41) is 1.33. The van der Waals surface area contributed by atoms with Crippen molar-refractivity contribution in [3.8, 4) is 11.1 Å². The first-order valence-electron chi connectivity index (χ1n) is 12.3. The van der Waals surface area contributed by atoms with E-state index in [9.17, 15) is 4.79 Å². The number of hydrogen-bond acceptors (Lipinski definition) is 1. The molecule has 1 unspecified atom stereocenters. The molecule has 0 spiro atoms. The molecule has 0 aliphatic carbocycles. The van der Waals surface area contributed by atoms with Crippen LogP contribution in [0.5, 0.6) is 0 Å². The molecule has 0 heterocycles. The van der Waals surface area contributed by atoms with E-state index in [0.29, 0.717) is 6.54 Å². The first-order chi connectivity index (χ1) is 17.0. The number of nitrogens with zero attached hydrogens (tertiary/aromatic N) is 1. The molecule has 0 radical (unpaired) electrons. The standard InChI is InChI=1S/C32H33NOSi/c1-4-33(29-20-21-31(26(2)24-29)28-16-10-6-11-17-28)32(34)22-23-35(3,30-18-12-7-13-19-30)25-27-14-8-5-9-15-27/h5-24H,4,25H2,1-3H3. The van der Waals surface area contributed by atoms with Gasteiger partial charge in [0, 0.05) is 12.2 Å². The van der Waals surface area contributed by atoms with E-state index < -0.39 is 8.07 Å². The lowest BCUT2D eigenvalue weighted by molar-refractivity contribution is -0.114. The molecule has 0 aromatic heterocycles. The Labute approximate surface area is 210 Å². The number of anilines is 1. The van der Waals surface area contributed by atoms with Gasteiger partial charge in [0.1, 0.15) is 8.07 Å². The smallest absolute Gasteiger partial charge is 0.250 e. The first-order valence-corrected chi connectivity index (χ1v) is 15.0. The Hall–Kier alpha value is -3.69. The van der Waals surface area contributed by atoms with Gasteiger partial charge in [-0.3, -0.25) is 4.79 Å². The number of carbonyl (C=O) groups excluding carboxylic acids is 1. The third kappa shape index (κ3) is 5.87. The zero-order valence-corrected chi connectivity index (χ0v) is 21.8. The molecule has 3 heteroatoms. The Bertz CT molecular complexity index is 1290. The minimum absolute atomic E-state index is 0.0297. The van der Waals surface area contributed by atoms with Crippen LogP contribution in [0.3, 0.4) is 0 Å². The maximum Gasteiger partial charge on any atom is 0.250 e. The van der Waals surface area contributed by atoms with Gasteiger partial charge in [-0.05, 0) is 54.8 Å². The minimum atomic E-state index is -2.08. The molecule has 35 heavy (non-hydrogen) atoms. The minimum Gasteiger partial charge on any atom is -0.309 e. The van der Waals surface area contributed by atoms with Gasteiger partial charge in [-0.2, -0.15) is 0 Å². The number of amides is 1. The van der Waals surface area contributed by atoms with Crippen molar-refractivity contribution in [2.24, 2.45) is 0 Å². The number of benzene rings is 4. The average Bonchev–Trinajstić information content (AvgIpc) is 2.90. The summed E-state index contributed by atoms with van der Waals surface area (Å²) in [4.78, 5) is 15.3. The van der Waals surface area contributed by atoms with Gasteiger partial charge in [0.05, 0.1) is 0 Å². The molecule has 0 saturated carbocycles. The van der Waals surface area contributed by atoms with Gasteiger partial charge in [-0.15, -0.1) is 0 Å². The SMILES string of the molecule is CCN(C(=O)C=C[Si](C)(Cc1ccccc1)c1ccccc1)c1ccc(-c2ccccc2)c(C)c1. The summed E-state index contributed by atoms with van der Waals surface area (Å²) in [6, 6.07) is 38.9. The third-order valence-electron chi connectivity index (χ3n) is 6.63. The third-order valence-corrected chi connectivity index (χ3v) is 10.3. The molecule has 4 aromatic carbocycles. The largest absolute Gasteiger partial charge is 0.309 e. The van der Waals surface area contributed by atoms with Crippen molar-refractivity contribution in [1.82, 2.24) is 0 Å². The lowest BCUT2D eigenvalue weighted by Crippen LogP contribution is -2.46. The molecule has 0 fully saturated rings. The van der Waals surface area contributed by atoms with E-state index in [2.05, 4.69) is 122 Å². The van der Waals surface area contributed by atoms with Gasteiger partial charge in [-0.25, -0.2) is 0 Å². The highest BCUT2D eigenvalue weighted by Crippen LogP contribution is 2.27. The quantitative estimate of drug-likeness (QED) is 0.201. The zero-order chi connectivity index (χ0) is 24.7. The highest BCUT2D eigenvalue weighted by atomic mass is 28.3. The molecular formula is C32H33NOSi. The van der Waals surface area contributed by atoms with Crippen molar-refractivity contribution < 1.29 is 4.79 Å². The molecule has 4 rings (SSSR count). The fourth-order valence-corrected chi connectivity index (χ4v) is 7.73. The van der Waals surface area contributed by atoms with E-state index in [-0.39, 0.29) is 5.91 Å². The van der Waals surface area contributed by atoms with E-state index >= 15 is 0 Å². The molecule has 0 aliphatic heterocycles. The Morgan fingerprint density at radius 3 is 2.03 bits per heavy atom. The topological polar surface area (TPSA) is 20.3 Å². The van der Waals surface area contributed by atoms with Crippen LogP contribution in [0.25, 0.3) is 11.1 Å². The van der Waals surface area contributed by atoms with Crippen molar-refractivity contribution in [3.63, 3.8) is 0 Å². The second kappa shape index (κ2) is 11.2. The summed E-state index contributed by atoms with van der Waals surface area (Å²) >= 11 is 0. The van der Waals surface area contributed by atoms with Crippen LogP contribution in [0.1, 0.15) is 18.1 Å². The molecule has 4 aromatic rings. The number of hydrogen-bond donors (Lipinski definition) is 0. The maximum atomic E-state index is 13.4. The van der Waals surface area contributed by atoms with E-state index in [4.69, 9.17) is 0 Å². The van der Waals surface area contributed by atoms with E-state index in [1.807, 2.05) is 24.0 Å². The molecule has 1 amide bonds. The van der Waals surface area contributed by atoms with Crippen LogP contribution in [0.15, 0.2) is 121 Å². The molecule has 2 nitrogen and oxygen atoms in total. The van der Waals surface area contributed by atoms with Crippen LogP contribution in [0, 0.1) is 6.92 Å². The van der Waals surface area contributed by atoms with Gasteiger partial charge < -0.3 is 4.90 Å². The molecule has 1 atom stereocenters. The Morgan fingerprint density at radius 1 is 0.829 bits per heavy atom. The Morgan fingerprint density at radius 2 is 1.43 bits per heavy atom. The molecular weight excluding hydrogens is 442 g/mol. The lowest BCUT2D eigenvalue weighted by Gasteiger charge is -2.26. The molecule has 176 valence electrons. The Kier molecular flexibility index (Phi) is 7.79. The van der Waals surface area contributed by atoms with Crippen molar-refractivity contribution >= 4 is 24.9 Å². The van der Waals surface area contributed by atoms with Crippen LogP contribution in [0.4, 0.5) is 5.69 Å². The molecule has 0 saturated heterocycles. The van der Waals surface area contributed by atoms with E-state index in [1.54, 1.807) is 0 Å². The summed E-state index contributed by atoms with van der Waals surface area (Å²) < 4.78 is 0. The second-order valence-corrected chi connectivity index (χ2v) is 13.3. The summed E-state index contributed by atoms with van der Waals surface area (Å²) in [5.74, 6) is 0.0297. The van der Waals surface area contributed by atoms with Crippen LogP contribution >= 0.6 is 0 Å². The van der Waals surface area contributed by atoms with Crippen molar-refractivity contribution in [2.45, 2.75) is 26.4 Å². The summed E-state index contributed by atoms with van der Waals surface area (Å²) in [7, 11) is -2.08. The maximum absolute atomic E-state index is 13.4. The highest BCUT2D eigenvalue weighted by molar-refractivity contribution is 6.94. The highest BCUT2D eigenvalue weighted by Gasteiger charge is 2.27. The van der Waals surface area contributed by atoms with Gasteiger partial charge in [-0.1, -0.05) is 120 Å².